The Bertz CT molecular complexity index is 2510. The van der Waals surface area contributed by atoms with Crippen molar-refractivity contribution in [3.05, 3.63) is 177 Å². The second kappa shape index (κ2) is 18.2. The van der Waals surface area contributed by atoms with Gasteiger partial charge < -0.3 is 0 Å². The highest BCUT2D eigenvalue weighted by atomic mass is 19.2. The number of nitrogens with zero attached hydrogens (tertiary/aromatic N) is 2. The van der Waals surface area contributed by atoms with E-state index in [2.05, 4.69) is 4.98 Å². The van der Waals surface area contributed by atoms with E-state index in [4.69, 9.17) is 0 Å². The highest BCUT2D eigenvalue weighted by Gasteiger charge is 2.52. The van der Waals surface area contributed by atoms with Crippen molar-refractivity contribution in [2.75, 3.05) is 0 Å². The van der Waals surface area contributed by atoms with Crippen LogP contribution in [-0.4, -0.2) is 16.9 Å². The van der Waals surface area contributed by atoms with Crippen molar-refractivity contribution >= 4 is 33.8 Å². The zero-order chi connectivity index (χ0) is 48.1. The molecular formula is C41H19BF20N2O. The fourth-order valence-corrected chi connectivity index (χ4v) is 7.74. The third-order valence-electron chi connectivity index (χ3n) is 10.7. The number of carbonyl (C=O) groups is 1. The first-order valence-corrected chi connectivity index (χ1v) is 18.2. The summed E-state index contributed by atoms with van der Waals surface area (Å²) in [6, 6.07) is 9.45. The van der Waals surface area contributed by atoms with E-state index >= 15 is 35.1 Å². The Labute approximate surface area is 350 Å². The van der Waals surface area contributed by atoms with Crippen LogP contribution in [0, 0.1) is 116 Å². The van der Waals surface area contributed by atoms with Crippen molar-refractivity contribution in [3.8, 4) is 0 Å². The molecule has 1 aromatic heterocycles. The minimum Gasteiger partial charge on any atom is -0.287 e. The van der Waals surface area contributed by atoms with Crippen molar-refractivity contribution in [2.45, 2.75) is 38.1 Å². The maximum absolute atomic E-state index is 15.4. The highest BCUT2D eigenvalue weighted by Crippen LogP contribution is 2.33. The summed E-state index contributed by atoms with van der Waals surface area (Å²) in [7, 11) is 0. The fourth-order valence-electron chi connectivity index (χ4n) is 7.74. The standard InChI is InChI=1S/C24BF20.C17H19N2O/c26-5-1(6(27)14(35)21(42)13(5)34)25(2-7(28)15(36)22(43)16(37)8(2)29,3-9(30)17(38)23(44)18(39)10(3)31)4-11(32)19(40)24(45)20(41)12(4)33;20-17(15-8-2-1-3-9-15)13-19-11-10-18-16(12-19)14-6-4-5-7-14/h;1-3,8-12,14H,4-7,13H2/q-1;+1. The van der Waals surface area contributed by atoms with Gasteiger partial charge in [-0.05, 0) is 12.8 Å². The second-order valence-corrected chi connectivity index (χ2v) is 14.2. The summed E-state index contributed by atoms with van der Waals surface area (Å²) in [6.45, 7) is 0.381. The molecular weight excluding hydrogens is 927 g/mol. The Hall–Kier alpha value is -6.49. The smallest absolute Gasteiger partial charge is 0.227 e. The molecule has 0 saturated heterocycles. The summed E-state index contributed by atoms with van der Waals surface area (Å²) in [5, 5.41) is 0. The molecule has 1 aliphatic carbocycles. The summed E-state index contributed by atoms with van der Waals surface area (Å²) in [5.74, 6) is -70.7. The molecule has 0 atom stereocenters. The van der Waals surface area contributed by atoms with Crippen molar-refractivity contribution < 1.29 is 97.2 Å². The third-order valence-corrected chi connectivity index (χ3v) is 10.7. The van der Waals surface area contributed by atoms with Crippen LogP contribution in [-0.2, 0) is 6.54 Å². The van der Waals surface area contributed by atoms with Gasteiger partial charge in [0.2, 0.25) is 12.3 Å². The lowest BCUT2D eigenvalue weighted by atomic mass is 9.12. The number of aromatic nitrogens is 2. The summed E-state index contributed by atoms with van der Waals surface area (Å²) in [5.41, 5.74) is -12.4. The van der Waals surface area contributed by atoms with Crippen LogP contribution in [0.4, 0.5) is 87.8 Å². The first-order chi connectivity index (χ1) is 30.5. The van der Waals surface area contributed by atoms with Gasteiger partial charge in [-0.25, -0.2) is 92.8 Å². The lowest BCUT2D eigenvalue weighted by molar-refractivity contribution is -0.684. The van der Waals surface area contributed by atoms with E-state index < -0.39 is 144 Å². The second-order valence-electron chi connectivity index (χ2n) is 14.2. The molecule has 1 saturated carbocycles. The number of hydrogen-bond donors (Lipinski definition) is 0. The minimum absolute atomic E-state index is 0.138. The Morgan fingerprint density at radius 1 is 0.462 bits per heavy atom. The number of hydrogen-bond acceptors (Lipinski definition) is 2. The van der Waals surface area contributed by atoms with Crippen LogP contribution in [0.15, 0.2) is 48.9 Å². The van der Waals surface area contributed by atoms with Gasteiger partial charge in [-0.3, -0.25) is 4.79 Å². The van der Waals surface area contributed by atoms with Crippen molar-refractivity contribution in [1.82, 2.24) is 4.98 Å². The summed E-state index contributed by atoms with van der Waals surface area (Å²) < 4.78 is 296. The van der Waals surface area contributed by atoms with E-state index in [0.717, 1.165) is 11.3 Å². The number of ketones is 1. The van der Waals surface area contributed by atoms with E-state index in [-0.39, 0.29) is 5.78 Å². The summed E-state index contributed by atoms with van der Waals surface area (Å²) in [4.78, 5) is 16.7. The third kappa shape index (κ3) is 7.82. The fraction of sp³-hybridized carbons (Fsp3) is 0.146. The van der Waals surface area contributed by atoms with Gasteiger partial charge in [0, 0.05) is 11.5 Å². The van der Waals surface area contributed by atoms with Crippen LogP contribution in [0.25, 0.3) is 0 Å². The molecule has 342 valence electrons. The molecule has 0 N–H and O–H groups in total. The average molecular weight is 946 g/mol. The molecule has 0 amide bonds. The minimum atomic E-state index is -7.22. The number of benzene rings is 5. The number of halogens is 20. The van der Waals surface area contributed by atoms with Gasteiger partial charge in [0.25, 0.3) is 0 Å². The number of rotatable bonds is 8. The van der Waals surface area contributed by atoms with Crippen molar-refractivity contribution in [1.29, 1.82) is 0 Å². The zero-order valence-electron chi connectivity index (χ0n) is 31.7. The molecule has 24 heteroatoms. The highest BCUT2D eigenvalue weighted by molar-refractivity contribution is 7.20. The average Bonchev–Trinajstić information content (AvgIpc) is 3.85. The van der Waals surface area contributed by atoms with Gasteiger partial charge in [0.1, 0.15) is 58.4 Å². The van der Waals surface area contributed by atoms with Crippen molar-refractivity contribution in [3.63, 3.8) is 0 Å². The first-order valence-electron chi connectivity index (χ1n) is 18.2. The molecule has 0 unspecified atom stereocenters. The molecule has 5 aromatic carbocycles. The molecule has 0 aliphatic heterocycles. The Morgan fingerprint density at radius 3 is 1.06 bits per heavy atom. The SMILES string of the molecule is Fc1c(F)c(F)c([B-](c2c(F)c(F)c(F)c(F)c2F)(c2c(F)c(F)c(F)c(F)c2F)c2c(F)c(F)c(F)c(F)c2F)c(F)c1F.O=C(C[n+]1ccnc(C2CCCC2)c1)c1ccccc1. The van der Waals surface area contributed by atoms with Gasteiger partial charge in [0.15, 0.2) is 82.2 Å². The van der Waals surface area contributed by atoms with Crippen LogP contribution in [0.2, 0.25) is 0 Å². The van der Waals surface area contributed by atoms with Gasteiger partial charge >= 0.3 is 0 Å². The molecule has 1 fully saturated rings. The molecule has 7 rings (SSSR count). The maximum Gasteiger partial charge on any atom is 0.227 e. The Balaban J connectivity index is 0.000000289. The topological polar surface area (TPSA) is 33.8 Å². The molecule has 3 nitrogen and oxygen atoms in total. The van der Waals surface area contributed by atoms with Crippen LogP contribution < -0.4 is 26.4 Å². The van der Waals surface area contributed by atoms with Gasteiger partial charge in [-0.1, -0.05) is 43.2 Å². The number of Topliss-reactive ketones (excluding diaryl/α,β-unsaturated/α-hetero) is 1. The molecule has 0 spiro atoms. The molecule has 6 aromatic rings. The molecule has 1 heterocycles. The van der Waals surface area contributed by atoms with Crippen molar-refractivity contribution in [2.24, 2.45) is 0 Å². The molecule has 1 aliphatic rings. The molecule has 0 radical (unpaired) electrons. The monoisotopic (exact) mass is 946 g/mol. The van der Waals surface area contributed by atoms with E-state index in [0.29, 0.717) is 12.5 Å². The summed E-state index contributed by atoms with van der Waals surface area (Å²) >= 11 is 0. The summed E-state index contributed by atoms with van der Waals surface area (Å²) in [6.07, 6.45) is 3.55. The molecule has 0 bridgehead atoms. The first kappa shape index (κ1) is 48.0. The van der Waals surface area contributed by atoms with Gasteiger partial charge in [0.05, 0.1) is 6.20 Å². The van der Waals surface area contributed by atoms with Gasteiger partial charge in [-0.15, -0.1) is 21.9 Å². The van der Waals surface area contributed by atoms with Crippen LogP contribution in [0.5, 0.6) is 0 Å². The predicted octanol–water partition coefficient (Wildman–Crippen LogP) is 8.76. The lowest BCUT2D eigenvalue weighted by Gasteiger charge is -2.44. The van der Waals surface area contributed by atoms with Crippen LogP contribution in [0.1, 0.15) is 47.7 Å². The quantitative estimate of drug-likeness (QED) is 0.0383. The largest absolute Gasteiger partial charge is 0.287 e. The lowest BCUT2D eigenvalue weighted by Crippen LogP contribution is -2.81. The van der Waals surface area contributed by atoms with E-state index in [1.165, 1.54) is 25.7 Å². The van der Waals surface area contributed by atoms with E-state index in [9.17, 15) is 57.5 Å². The normalized spacial score (nSPS) is 13.0. The Kier molecular flexibility index (Phi) is 13.4. The van der Waals surface area contributed by atoms with Gasteiger partial charge in [-0.2, -0.15) is 4.57 Å². The van der Waals surface area contributed by atoms with E-state index in [1.807, 2.05) is 53.5 Å². The van der Waals surface area contributed by atoms with Crippen LogP contribution >= 0.6 is 0 Å². The van der Waals surface area contributed by atoms with Crippen LogP contribution in [0.3, 0.4) is 0 Å². The predicted molar refractivity (Wildman–Crippen MR) is 186 cm³/mol. The van der Waals surface area contributed by atoms with E-state index in [1.54, 1.807) is 0 Å². The molecule has 65 heavy (non-hydrogen) atoms. The zero-order valence-corrected chi connectivity index (χ0v) is 31.7. The maximum atomic E-state index is 15.4. The Morgan fingerprint density at radius 2 is 0.754 bits per heavy atom. The number of carbonyl (C=O) groups excluding carboxylic acids is 1.